The molecule has 0 spiro atoms. The molecule has 0 aromatic heterocycles. The molecule has 0 aromatic rings. The summed E-state index contributed by atoms with van der Waals surface area (Å²) in [6, 6.07) is -0.853. The monoisotopic (exact) mass is 856 g/mol. The van der Waals surface area contributed by atoms with Crippen molar-refractivity contribution in [3.63, 3.8) is 0 Å². The molecular weight excluding hydrogens is 775 g/mol. The number of carbonyl (C=O) groups excluding carboxylic acids is 4. The Bertz CT molecular complexity index is 1560. The summed E-state index contributed by atoms with van der Waals surface area (Å²) < 4.78 is 6.26. The number of hydrogen-bond donors (Lipinski definition) is 5. The molecule has 2 heterocycles. The minimum absolute atomic E-state index is 0.00000123. The predicted octanol–water partition coefficient (Wildman–Crippen LogP) is 7.37. The van der Waals surface area contributed by atoms with Crippen molar-refractivity contribution in [1.82, 2.24) is 4.90 Å². The molecule has 0 aromatic carbocycles. The van der Waals surface area contributed by atoms with Gasteiger partial charge in [-0.05, 0) is 132 Å². The van der Waals surface area contributed by atoms with Crippen molar-refractivity contribution in [3.8, 4) is 0 Å². The van der Waals surface area contributed by atoms with E-state index in [2.05, 4.69) is 6.92 Å². The molecule has 2 fully saturated rings. The van der Waals surface area contributed by atoms with E-state index < -0.39 is 59.6 Å². The average molecular weight is 856 g/mol. The number of aliphatic hydroxyl groups is 5. The highest BCUT2D eigenvalue weighted by atomic mass is 16.5. The lowest BCUT2D eigenvalue weighted by Gasteiger charge is -2.38. The summed E-state index contributed by atoms with van der Waals surface area (Å²) >= 11 is 0. The van der Waals surface area contributed by atoms with Crippen LogP contribution in [-0.4, -0.2) is 103 Å². The molecular formula is C50H81NO10. The van der Waals surface area contributed by atoms with E-state index in [1.807, 2.05) is 58.1 Å². The van der Waals surface area contributed by atoms with E-state index in [0.717, 1.165) is 31.3 Å². The smallest absolute Gasteiger partial charge is 0.329 e. The summed E-state index contributed by atoms with van der Waals surface area (Å²) in [5.74, 6) is -2.86. The van der Waals surface area contributed by atoms with Gasteiger partial charge in [-0.15, -0.1) is 0 Å². The van der Waals surface area contributed by atoms with E-state index in [0.29, 0.717) is 63.8 Å². The Kier molecular flexibility index (Phi) is 21.3. The lowest BCUT2D eigenvalue weighted by molar-refractivity contribution is -0.166. The van der Waals surface area contributed by atoms with Gasteiger partial charge in [-0.3, -0.25) is 14.4 Å². The number of cyclic esters (lactones) is 1. The van der Waals surface area contributed by atoms with Crippen molar-refractivity contribution in [2.45, 2.75) is 194 Å². The van der Waals surface area contributed by atoms with Crippen LogP contribution in [0.4, 0.5) is 0 Å². The van der Waals surface area contributed by atoms with Crippen molar-refractivity contribution in [3.05, 3.63) is 47.6 Å². The van der Waals surface area contributed by atoms with Gasteiger partial charge in [0.1, 0.15) is 30.1 Å². The fraction of sp³-hybridized carbons (Fsp3) is 0.760. The topological polar surface area (TPSA) is 182 Å². The summed E-state index contributed by atoms with van der Waals surface area (Å²) in [5.41, 5.74) is -0.227. The quantitative estimate of drug-likeness (QED) is 0.142. The fourth-order valence-corrected chi connectivity index (χ4v) is 9.29. The van der Waals surface area contributed by atoms with E-state index in [9.17, 15) is 44.7 Å². The van der Waals surface area contributed by atoms with Crippen molar-refractivity contribution in [2.24, 2.45) is 41.4 Å². The molecule has 61 heavy (non-hydrogen) atoms. The summed E-state index contributed by atoms with van der Waals surface area (Å²) in [5, 5.41) is 54.7. The van der Waals surface area contributed by atoms with Gasteiger partial charge in [0, 0.05) is 24.8 Å². The van der Waals surface area contributed by atoms with E-state index >= 15 is 0 Å². The molecule has 1 unspecified atom stereocenters. The Morgan fingerprint density at radius 3 is 2.16 bits per heavy atom. The lowest BCUT2D eigenvalue weighted by Crippen LogP contribution is -2.52. The number of esters is 1. The van der Waals surface area contributed by atoms with Gasteiger partial charge in [-0.2, -0.15) is 0 Å². The van der Waals surface area contributed by atoms with Gasteiger partial charge >= 0.3 is 5.97 Å². The molecule has 11 nitrogen and oxygen atoms in total. The maximum Gasteiger partial charge on any atom is 0.329 e. The normalized spacial score (nSPS) is 40.5. The molecule has 1 saturated carbocycles. The van der Waals surface area contributed by atoms with Crippen molar-refractivity contribution in [2.75, 3.05) is 6.54 Å². The van der Waals surface area contributed by atoms with Crippen molar-refractivity contribution >= 4 is 23.4 Å². The first kappa shape index (κ1) is 52.4. The molecule has 0 bridgehead atoms. The first-order valence-corrected chi connectivity index (χ1v) is 23.3. The number of ketones is 2. The van der Waals surface area contributed by atoms with Crippen LogP contribution in [0.1, 0.15) is 152 Å². The minimum Gasteiger partial charge on any atom is -0.460 e. The summed E-state index contributed by atoms with van der Waals surface area (Å²) in [4.78, 5) is 56.9. The molecule has 5 N–H and O–H groups in total. The largest absolute Gasteiger partial charge is 0.460 e. The van der Waals surface area contributed by atoms with Crippen LogP contribution >= 0.6 is 0 Å². The second kappa shape index (κ2) is 24.8. The second-order valence-electron chi connectivity index (χ2n) is 19.8. The average Bonchev–Trinajstić information content (AvgIpc) is 3.21. The van der Waals surface area contributed by atoms with Gasteiger partial charge in [0.25, 0.3) is 0 Å². The lowest BCUT2D eigenvalue weighted by atomic mass is 9.79. The van der Waals surface area contributed by atoms with Crippen LogP contribution in [0.15, 0.2) is 47.6 Å². The Hall–Kier alpha value is -2.96. The standard InChI is InChI=1S/C50H81NO10/c1-31-15-11-10-12-16-33(3)42(53)26-32(2)18-19-38(8)50(9,60)30-45(55)51-24-14-13-17-41(51)49(59)61-44(35(5)28-39-20-22-40(52)23-21-39)29-43(54)34(4)27-37(7)47(57)48(58)46(56)36(6)25-31/h10-12,15-16,27,31-32,34-36,38-42,44,47-48,52-53,57-58,60H,13-14,17-26,28-30H2,1-9H3/b12-10+,15-11+,33-16+,37-27+/t31-,32+,34-,35-,36-,38-,39?,40?,41?,42+,44+,47-,48+,50-/m1/s1. The van der Waals surface area contributed by atoms with Gasteiger partial charge in [-0.25, -0.2) is 4.79 Å². The van der Waals surface area contributed by atoms with Gasteiger partial charge < -0.3 is 35.2 Å². The number of amides is 1. The summed E-state index contributed by atoms with van der Waals surface area (Å²) in [6.45, 7) is 16.9. The van der Waals surface area contributed by atoms with Crippen LogP contribution in [0.3, 0.4) is 0 Å². The van der Waals surface area contributed by atoms with Crippen LogP contribution in [0, 0.1) is 41.4 Å². The molecule has 3 rings (SSSR count). The fourth-order valence-electron chi connectivity index (χ4n) is 9.29. The number of ether oxygens (including phenoxy) is 1. The Balaban J connectivity index is 1.92. The number of fused-ring (bicyclic) bond motifs is 1. The first-order chi connectivity index (χ1) is 28.6. The molecule has 3 aliphatic rings. The van der Waals surface area contributed by atoms with Gasteiger partial charge in [0.2, 0.25) is 5.91 Å². The van der Waals surface area contributed by atoms with E-state index in [-0.39, 0.29) is 59.9 Å². The van der Waals surface area contributed by atoms with Gasteiger partial charge in [-0.1, -0.05) is 84.4 Å². The van der Waals surface area contributed by atoms with Crippen LogP contribution in [0.5, 0.6) is 0 Å². The number of Topliss-reactive ketones (excluding diaryl/α,β-unsaturated/α-hetero) is 2. The highest BCUT2D eigenvalue weighted by molar-refractivity contribution is 5.87. The van der Waals surface area contributed by atoms with Gasteiger partial charge in [0.05, 0.1) is 24.2 Å². The summed E-state index contributed by atoms with van der Waals surface area (Å²) in [6.07, 6.45) is 13.8. The van der Waals surface area contributed by atoms with Crippen LogP contribution in [-0.2, 0) is 23.9 Å². The Labute approximate surface area is 366 Å². The molecule has 0 radical (unpaired) electrons. The predicted molar refractivity (Wildman–Crippen MR) is 239 cm³/mol. The van der Waals surface area contributed by atoms with E-state index in [1.54, 1.807) is 38.7 Å². The van der Waals surface area contributed by atoms with Crippen molar-refractivity contribution < 1.29 is 49.4 Å². The molecule has 1 amide bonds. The van der Waals surface area contributed by atoms with E-state index in [1.165, 1.54) is 0 Å². The van der Waals surface area contributed by atoms with Crippen LogP contribution in [0.2, 0.25) is 0 Å². The number of nitrogens with zero attached hydrogens (tertiary/aromatic N) is 1. The molecule has 346 valence electrons. The second-order valence-corrected chi connectivity index (χ2v) is 19.8. The third-order valence-corrected chi connectivity index (χ3v) is 14.0. The zero-order valence-corrected chi connectivity index (χ0v) is 38.8. The molecule has 11 heteroatoms. The van der Waals surface area contributed by atoms with Crippen molar-refractivity contribution in [1.29, 1.82) is 0 Å². The zero-order valence-electron chi connectivity index (χ0n) is 38.8. The first-order valence-electron chi connectivity index (χ1n) is 23.3. The maximum absolute atomic E-state index is 14.2. The third-order valence-electron chi connectivity index (χ3n) is 14.0. The summed E-state index contributed by atoms with van der Waals surface area (Å²) in [7, 11) is 0. The SMILES string of the molecule is C/C1=C\[C@@H](C)C(=O)C[C@@H]([C@H](C)CC2CCC(O)CC2)OC(=O)C2CCCCN2C(=O)C[C@@](C)(O)[C@H](C)CC[C@H](C)C[C@H](O)/C(C)=C/C=C/C=C/[C@@H](C)C[C@@H](C)C(=O)[C@H](O)[C@@H]1O. The van der Waals surface area contributed by atoms with Crippen LogP contribution in [0.25, 0.3) is 0 Å². The molecule has 2 aliphatic heterocycles. The molecule has 12 atom stereocenters. The number of allylic oxidation sites excluding steroid dienone is 6. The molecule has 1 aliphatic carbocycles. The minimum atomic E-state index is -1.67. The van der Waals surface area contributed by atoms with Gasteiger partial charge in [0.15, 0.2) is 5.78 Å². The van der Waals surface area contributed by atoms with E-state index in [4.69, 9.17) is 4.74 Å². The number of carbonyl (C=O) groups is 4. The molecule has 1 saturated heterocycles. The number of piperidine rings is 1. The maximum atomic E-state index is 14.2. The number of rotatable bonds is 3. The zero-order chi connectivity index (χ0) is 45.6. The highest BCUT2D eigenvalue weighted by Crippen LogP contribution is 2.34. The Morgan fingerprint density at radius 2 is 1.49 bits per heavy atom. The van der Waals surface area contributed by atoms with Crippen LogP contribution < -0.4 is 0 Å². The number of aliphatic hydroxyl groups excluding tert-OH is 4. The third kappa shape index (κ3) is 16.6. The Morgan fingerprint density at radius 1 is 0.820 bits per heavy atom. The number of hydrogen-bond acceptors (Lipinski definition) is 10. The highest BCUT2D eigenvalue weighted by Gasteiger charge is 2.40.